The summed E-state index contributed by atoms with van der Waals surface area (Å²) in [5.41, 5.74) is 0.222. The summed E-state index contributed by atoms with van der Waals surface area (Å²) >= 11 is 1.37. The van der Waals surface area contributed by atoms with Crippen molar-refractivity contribution >= 4 is 29.3 Å². The second kappa shape index (κ2) is 9.18. The Morgan fingerprint density at radius 1 is 1.04 bits per heavy atom. The van der Waals surface area contributed by atoms with Gasteiger partial charge in [-0.15, -0.1) is 11.8 Å². The molecule has 8 heteroatoms. The van der Waals surface area contributed by atoms with E-state index in [1.807, 2.05) is 24.3 Å². The molecule has 0 bridgehead atoms. The van der Waals surface area contributed by atoms with Crippen molar-refractivity contribution in [1.82, 2.24) is 0 Å². The zero-order valence-electron chi connectivity index (χ0n) is 15.4. The number of carbonyl (C=O) groups is 2. The molecule has 27 heavy (non-hydrogen) atoms. The molecule has 0 saturated heterocycles. The number of methoxy groups -OCH3 is 3. The number of ether oxygens (including phenoxy) is 3. The summed E-state index contributed by atoms with van der Waals surface area (Å²) in [6.07, 6.45) is 0. The molecule has 0 saturated carbocycles. The fourth-order valence-electron chi connectivity index (χ4n) is 2.33. The van der Waals surface area contributed by atoms with Crippen molar-refractivity contribution < 1.29 is 28.9 Å². The van der Waals surface area contributed by atoms with Gasteiger partial charge in [0, 0.05) is 4.90 Å². The van der Waals surface area contributed by atoms with Gasteiger partial charge in [-0.05, 0) is 43.3 Å². The van der Waals surface area contributed by atoms with E-state index in [4.69, 9.17) is 14.2 Å². The number of aromatic carboxylic acids is 1. The van der Waals surface area contributed by atoms with Gasteiger partial charge in [0.2, 0.25) is 5.91 Å². The minimum Gasteiger partial charge on any atom is -0.497 e. The van der Waals surface area contributed by atoms with Gasteiger partial charge in [0.1, 0.15) is 5.75 Å². The van der Waals surface area contributed by atoms with Gasteiger partial charge < -0.3 is 24.6 Å². The van der Waals surface area contributed by atoms with Crippen molar-refractivity contribution in [3.63, 3.8) is 0 Å². The summed E-state index contributed by atoms with van der Waals surface area (Å²) in [6.45, 7) is 1.76. The van der Waals surface area contributed by atoms with Crippen molar-refractivity contribution in [1.29, 1.82) is 0 Å². The summed E-state index contributed by atoms with van der Waals surface area (Å²) < 4.78 is 15.6. The third kappa shape index (κ3) is 5.07. The second-order valence-corrected chi connectivity index (χ2v) is 6.90. The minimum absolute atomic E-state index is 0.0154. The molecule has 2 aromatic rings. The highest BCUT2D eigenvalue weighted by molar-refractivity contribution is 8.00. The van der Waals surface area contributed by atoms with Gasteiger partial charge in [0.05, 0.1) is 37.8 Å². The lowest BCUT2D eigenvalue weighted by Crippen LogP contribution is -2.23. The minimum atomic E-state index is -1.13. The van der Waals surface area contributed by atoms with Crippen LogP contribution in [0.5, 0.6) is 17.2 Å². The molecule has 1 unspecified atom stereocenters. The van der Waals surface area contributed by atoms with Crippen LogP contribution in [0.3, 0.4) is 0 Å². The predicted octanol–water partition coefficient (Wildman–Crippen LogP) is 3.53. The van der Waals surface area contributed by atoms with Crippen LogP contribution in [0.2, 0.25) is 0 Å². The zero-order valence-corrected chi connectivity index (χ0v) is 16.3. The first kappa shape index (κ1) is 20.4. The van der Waals surface area contributed by atoms with Crippen LogP contribution in [0.1, 0.15) is 17.3 Å². The highest BCUT2D eigenvalue weighted by atomic mass is 32.2. The van der Waals surface area contributed by atoms with Crippen molar-refractivity contribution in [3.05, 3.63) is 42.0 Å². The van der Waals surface area contributed by atoms with E-state index in [-0.39, 0.29) is 28.7 Å². The van der Waals surface area contributed by atoms with Crippen LogP contribution in [0.15, 0.2) is 41.3 Å². The first-order valence-corrected chi connectivity index (χ1v) is 8.88. The average Bonchev–Trinajstić information content (AvgIpc) is 2.67. The fraction of sp³-hybridized carbons (Fsp3) is 0.263. The summed E-state index contributed by atoms with van der Waals surface area (Å²) in [6, 6.07) is 10.0. The van der Waals surface area contributed by atoms with Crippen LogP contribution in [-0.4, -0.2) is 43.6 Å². The molecule has 2 N–H and O–H groups in total. The van der Waals surface area contributed by atoms with E-state index >= 15 is 0 Å². The lowest BCUT2D eigenvalue weighted by molar-refractivity contribution is -0.115. The van der Waals surface area contributed by atoms with Gasteiger partial charge in [-0.3, -0.25) is 4.79 Å². The molecular weight excluding hydrogens is 370 g/mol. The molecule has 1 atom stereocenters. The van der Waals surface area contributed by atoms with Crippen LogP contribution in [0, 0.1) is 0 Å². The summed E-state index contributed by atoms with van der Waals surface area (Å²) in [5, 5.41) is 11.5. The first-order valence-electron chi connectivity index (χ1n) is 8.00. The molecule has 0 aliphatic carbocycles. The number of benzene rings is 2. The fourth-order valence-corrected chi connectivity index (χ4v) is 3.19. The van der Waals surface area contributed by atoms with E-state index in [2.05, 4.69) is 5.32 Å². The number of thioether (sulfide) groups is 1. The highest BCUT2D eigenvalue weighted by Crippen LogP contribution is 2.37. The van der Waals surface area contributed by atoms with Gasteiger partial charge in [-0.25, -0.2) is 4.79 Å². The Morgan fingerprint density at radius 3 is 2.22 bits per heavy atom. The third-order valence-corrected chi connectivity index (χ3v) is 4.84. The van der Waals surface area contributed by atoms with Crippen molar-refractivity contribution in [2.45, 2.75) is 17.1 Å². The van der Waals surface area contributed by atoms with Gasteiger partial charge in [-0.2, -0.15) is 0 Å². The van der Waals surface area contributed by atoms with Crippen molar-refractivity contribution in [2.24, 2.45) is 0 Å². The first-order chi connectivity index (χ1) is 12.9. The molecular formula is C19H21NO6S. The molecule has 0 spiro atoms. The maximum absolute atomic E-state index is 12.6. The Balaban J connectivity index is 2.19. The quantitative estimate of drug-likeness (QED) is 0.665. The van der Waals surface area contributed by atoms with Crippen molar-refractivity contribution in [3.8, 4) is 17.2 Å². The largest absolute Gasteiger partial charge is 0.497 e. The maximum Gasteiger partial charge on any atom is 0.335 e. The summed E-state index contributed by atoms with van der Waals surface area (Å²) in [4.78, 5) is 24.8. The van der Waals surface area contributed by atoms with Crippen LogP contribution < -0.4 is 19.5 Å². The molecule has 0 fully saturated rings. The molecule has 7 nitrogen and oxygen atoms in total. The number of carbonyl (C=O) groups excluding carboxylic acids is 1. The monoisotopic (exact) mass is 391 g/mol. The molecule has 0 heterocycles. The number of hydrogen-bond acceptors (Lipinski definition) is 6. The number of amides is 1. The van der Waals surface area contributed by atoms with E-state index in [0.29, 0.717) is 0 Å². The summed E-state index contributed by atoms with van der Waals surface area (Å²) in [5.74, 6) is -0.203. The van der Waals surface area contributed by atoms with Gasteiger partial charge in [0.15, 0.2) is 11.5 Å². The molecule has 2 rings (SSSR count). The Hall–Kier alpha value is -2.87. The molecule has 144 valence electrons. The van der Waals surface area contributed by atoms with E-state index < -0.39 is 11.2 Å². The highest BCUT2D eigenvalue weighted by Gasteiger charge is 2.20. The standard InChI is InChI=1S/C19H21NO6S/c1-11(27-14-7-5-13(24-2)6-8-14)18(21)20-15-9-12(19(22)23)10-16(25-3)17(15)26-4/h5-11H,1-4H3,(H,20,21)(H,22,23). The van der Waals surface area contributed by atoms with Crippen molar-refractivity contribution in [2.75, 3.05) is 26.6 Å². The van der Waals surface area contributed by atoms with E-state index in [1.165, 1.54) is 38.1 Å². The van der Waals surface area contributed by atoms with Crippen LogP contribution in [0.25, 0.3) is 0 Å². The lowest BCUT2D eigenvalue weighted by Gasteiger charge is -2.17. The maximum atomic E-state index is 12.6. The average molecular weight is 391 g/mol. The summed E-state index contributed by atoms with van der Waals surface area (Å²) in [7, 11) is 4.41. The van der Waals surface area contributed by atoms with Gasteiger partial charge >= 0.3 is 5.97 Å². The number of carboxylic acid groups (broad SMARTS) is 1. The van der Waals surface area contributed by atoms with E-state index in [1.54, 1.807) is 14.0 Å². The van der Waals surface area contributed by atoms with E-state index in [9.17, 15) is 14.7 Å². The predicted molar refractivity (Wildman–Crippen MR) is 103 cm³/mol. The molecule has 1 amide bonds. The SMILES string of the molecule is COc1ccc(SC(C)C(=O)Nc2cc(C(=O)O)cc(OC)c2OC)cc1. The number of carboxylic acids is 1. The number of rotatable bonds is 8. The number of hydrogen-bond donors (Lipinski definition) is 2. The van der Waals surface area contributed by atoms with Crippen LogP contribution in [0.4, 0.5) is 5.69 Å². The smallest absolute Gasteiger partial charge is 0.335 e. The molecule has 0 aliphatic rings. The normalized spacial score (nSPS) is 11.4. The second-order valence-electron chi connectivity index (χ2n) is 5.49. The topological polar surface area (TPSA) is 94.1 Å². The zero-order chi connectivity index (χ0) is 20.0. The van der Waals surface area contributed by atoms with Gasteiger partial charge in [0.25, 0.3) is 0 Å². The van der Waals surface area contributed by atoms with Gasteiger partial charge in [-0.1, -0.05) is 0 Å². The lowest BCUT2D eigenvalue weighted by atomic mass is 10.1. The Bertz CT molecular complexity index is 822. The number of anilines is 1. The van der Waals surface area contributed by atoms with Crippen LogP contribution >= 0.6 is 11.8 Å². The molecule has 0 radical (unpaired) electrons. The number of nitrogens with one attached hydrogen (secondary N) is 1. The molecule has 0 aromatic heterocycles. The Morgan fingerprint density at radius 2 is 1.70 bits per heavy atom. The third-order valence-electron chi connectivity index (χ3n) is 3.73. The molecule has 2 aromatic carbocycles. The Labute approximate surface area is 161 Å². The van der Waals surface area contributed by atoms with Crippen LogP contribution in [-0.2, 0) is 4.79 Å². The van der Waals surface area contributed by atoms with E-state index in [0.717, 1.165) is 10.6 Å². The Kier molecular flexibility index (Phi) is 6.95. The molecule has 0 aliphatic heterocycles.